The lowest BCUT2D eigenvalue weighted by Gasteiger charge is -2.10. The summed E-state index contributed by atoms with van der Waals surface area (Å²) >= 11 is 7.60. The molecule has 0 saturated heterocycles. The van der Waals surface area contributed by atoms with Crippen molar-refractivity contribution in [1.29, 1.82) is 0 Å². The minimum Gasteiger partial charge on any atom is -0.391 e. The molecule has 0 aromatic heterocycles. The molecule has 1 atom stereocenters. The summed E-state index contributed by atoms with van der Waals surface area (Å²) in [4.78, 5) is 12.6. The second-order valence-electron chi connectivity index (χ2n) is 4.74. The maximum Gasteiger partial charge on any atom is 0.220 e. The largest absolute Gasteiger partial charge is 0.391 e. The van der Waals surface area contributed by atoms with Gasteiger partial charge in [0.1, 0.15) is 0 Å². The normalized spacial score (nSPS) is 16.1. The Hall–Kier alpha value is -0.710. The predicted octanol–water partition coefficient (Wildman–Crippen LogP) is 2.71. The summed E-state index contributed by atoms with van der Waals surface area (Å²) in [5.74, 6) is 1.08. The van der Waals surface area contributed by atoms with Crippen molar-refractivity contribution in [3.05, 3.63) is 29.3 Å². The average molecular weight is 300 g/mol. The van der Waals surface area contributed by atoms with Gasteiger partial charge in [0.15, 0.2) is 0 Å². The second kappa shape index (κ2) is 7.17. The maximum absolute atomic E-state index is 11.6. The number of aliphatic hydroxyl groups is 1. The second-order valence-corrected chi connectivity index (χ2v) is 6.28. The molecule has 3 nitrogen and oxygen atoms in total. The van der Waals surface area contributed by atoms with Gasteiger partial charge in [-0.05, 0) is 30.9 Å². The van der Waals surface area contributed by atoms with Crippen LogP contribution in [0, 0.1) is 5.92 Å². The quantitative estimate of drug-likeness (QED) is 0.761. The van der Waals surface area contributed by atoms with Crippen LogP contribution in [0.4, 0.5) is 0 Å². The molecule has 5 heteroatoms. The first-order valence-corrected chi connectivity index (χ1v) is 7.85. The third-order valence-corrected chi connectivity index (χ3v) is 4.61. The van der Waals surface area contributed by atoms with Gasteiger partial charge in [-0.25, -0.2) is 0 Å². The molecule has 0 heterocycles. The van der Waals surface area contributed by atoms with Gasteiger partial charge in [-0.1, -0.05) is 23.7 Å². The fourth-order valence-electron chi connectivity index (χ4n) is 1.77. The summed E-state index contributed by atoms with van der Waals surface area (Å²) in [6.07, 6.45) is 2.23. The molecule has 19 heavy (non-hydrogen) atoms. The summed E-state index contributed by atoms with van der Waals surface area (Å²) in [5, 5.41) is 13.1. The van der Waals surface area contributed by atoms with Crippen LogP contribution in [-0.2, 0) is 4.79 Å². The molecule has 0 aliphatic heterocycles. The molecule has 1 saturated carbocycles. The van der Waals surface area contributed by atoms with E-state index in [0.717, 1.165) is 22.8 Å². The zero-order valence-electron chi connectivity index (χ0n) is 10.6. The molecule has 0 radical (unpaired) electrons. The summed E-state index contributed by atoms with van der Waals surface area (Å²) in [6.45, 7) is 0.375. The molecular formula is C14H18ClNO2S. The Bertz CT molecular complexity index is 437. The molecule has 1 amide bonds. The van der Waals surface area contributed by atoms with Crippen LogP contribution in [0.1, 0.15) is 19.3 Å². The molecule has 1 aliphatic carbocycles. The predicted molar refractivity (Wildman–Crippen MR) is 78.5 cm³/mol. The van der Waals surface area contributed by atoms with E-state index in [-0.39, 0.29) is 12.0 Å². The number of carbonyl (C=O) groups excluding carboxylic acids is 1. The highest BCUT2D eigenvalue weighted by Crippen LogP contribution is 2.32. The third-order valence-electron chi connectivity index (χ3n) is 3.10. The number of nitrogens with one attached hydrogen (secondary N) is 1. The number of benzene rings is 1. The highest BCUT2D eigenvalue weighted by Gasteiger charge is 2.29. The molecule has 104 valence electrons. The Kier molecular flexibility index (Phi) is 5.55. The van der Waals surface area contributed by atoms with E-state index in [2.05, 4.69) is 5.32 Å². The summed E-state index contributed by atoms with van der Waals surface area (Å²) < 4.78 is 0. The molecule has 0 bridgehead atoms. The summed E-state index contributed by atoms with van der Waals surface area (Å²) in [5.41, 5.74) is 0. The molecule has 1 unspecified atom stereocenters. The number of hydrogen-bond acceptors (Lipinski definition) is 3. The standard InChI is InChI=1S/C14H18ClNO2S/c15-11-3-1-2-4-13(11)19-8-7-14(18)16-9-12(17)10-5-6-10/h1-4,10,12,17H,5-9H2,(H,16,18). The number of aliphatic hydroxyl groups excluding tert-OH is 1. The Labute approximate surface area is 122 Å². The van der Waals surface area contributed by atoms with Crippen LogP contribution < -0.4 is 5.32 Å². The molecule has 0 spiro atoms. The number of hydrogen-bond donors (Lipinski definition) is 2. The SMILES string of the molecule is O=C(CCSc1ccccc1Cl)NCC(O)C1CC1. The van der Waals surface area contributed by atoms with E-state index in [9.17, 15) is 9.90 Å². The van der Waals surface area contributed by atoms with Crippen molar-refractivity contribution in [3.8, 4) is 0 Å². The van der Waals surface area contributed by atoms with Crippen LogP contribution in [0.3, 0.4) is 0 Å². The lowest BCUT2D eigenvalue weighted by molar-refractivity contribution is -0.121. The van der Waals surface area contributed by atoms with Crippen molar-refractivity contribution in [2.45, 2.75) is 30.3 Å². The van der Waals surface area contributed by atoms with Gasteiger partial charge in [-0.2, -0.15) is 0 Å². The molecule has 1 aromatic carbocycles. The fourth-order valence-corrected chi connectivity index (χ4v) is 2.96. The number of amides is 1. The topological polar surface area (TPSA) is 49.3 Å². The Morgan fingerprint density at radius 2 is 2.21 bits per heavy atom. The average Bonchev–Trinajstić information content (AvgIpc) is 3.22. The minimum absolute atomic E-state index is 0.0146. The van der Waals surface area contributed by atoms with Crippen LogP contribution in [0.5, 0.6) is 0 Å². The fraction of sp³-hybridized carbons (Fsp3) is 0.500. The molecule has 2 N–H and O–H groups in total. The van der Waals surface area contributed by atoms with Gasteiger partial charge in [0.05, 0.1) is 11.1 Å². The van der Waals surface area contributed by atoms with Crippen LogP contribution in [0.25, 0.3) is 0 Å². The van der Waals surface area contributed by atoms with E-state index in [1.807, 2.05) is 24.3 Å². The smallest absolute Gasteiger partial charge is 0.220 e. The third kappa shape index (κ3) is 5.05. The minimum atomic E-state index is -0.375. The van der Waals surface area contributed by atoms with Gasteiger partial charge in [0.2, 0.25) is 5.91 Å². The monoisotopic (exact) mass is 299 g/mol. The number of rotatable bonds is 7. The van der Waals surface area contributed by atoms with Gasteiger partial charge in [0, 0.05) is 23.6 Å². The summed E-state index contributed by atoms with van der Waals surface area (Å²) in [6, 6.07) is 7.61. The van der Waals surface area contributed by atoms with Crippen molar-refractivity contribution in [3.63, 3.8) is 0 Å². The molecule has 1 aliphatic rings. The van der Waals surface area contributed by atoms with E-state index < -0.39 is 0 Å². The number of carbonyl (C=O) groups is 1. The van der Waals surface area contributed by atoms with Gasteiger partial charge in [-0.15, -0.1) is 11.8 Å². The van der Waals surface area contributed by atoms with E-state index in [4.69, 9.17) is 11.6 Å². The van der Waals surface area contributed by atoms with E-state index in [0.29, 0.717) is 24.6 Å². The lowest BCUT2D eigenvalue weighted by atomic mass is 10.2. The van der Waals surface area contributed by atoms with Crippen molar-refractivity contribution >= 4 is 29.3 Å². The van der Waals surface area contributed by atoms with Crippen LogP contribution in [0.2, 0.25) is 5.02 Å². The van der Waals surface area contributed by atoms with Crippen LogP contribution in [0.15, 0.2) is 29.2 Å². The first-order valence-electron chi connectivity index (χ1n) is 6.49. The zero-order valence-corrected chi connectivity index (χ0v) is 12.2. The van der Waals surface area contributed by atoms with Gasteiger partial charge >= 0.3 is 0 Å². The number of halogens is 1. The van der Waals surface area contributed by atoms with Gasteiger partial charge in [-0.3, -0.25) is 4.79 Å². The molecular weight excluding hydrogens is 282 g/mol. The van der Waals surface area contributed by atoms with E-state index in [1.54, 1.807) is 11.8 Å². The Balaban J connectivity index is 1.62. The van der Waals surface area contributed by atoms with Crippen molar-refractivity contribution in [2.75, 3.05) is 12.3 Å². The van der Waals surface area contributed by atoms with Gasteiger partial charge < -0.3 is 10.4 Å². The van der Waals surface area contributed by atoms with Crippen LogP contribution >= 0.6 is 23.4 Å². The summed E-state index contributed by atoms with van der Waals surface area (Å²) in [7, 11) is 0. The first-order chi connectivity index (χ1) is 9.16. The van der Waals surface area contributed by atoms with Crippen LogP contribution in [-0.4, -0.2) is 29.4 Å². The highest BCUT2D eigenvalue weighted by molar-refractivity contribution is 7.99. The van der Waals surface area contributed by atoms with Gasteiger partial charge in [0.25, 0.3) is 0 Å². The molecule has 1 fully saturated rings. The lowest BCUT2D eigenvalue weighted by Crippen LogP contribution is -2.33. The Morgan fingerprint density at radius 1 is 1.47 bits per heavy atom. The molecule has 2 rings (SSSR count). The van der Waals surface area contributed by atoms with Crippen molar-refractivity contribution in [1.82, 2.24) is 5.32 Å². The van der Waals surface area contributed by atoms with E-state index in [1.165, 1.54) is 0 Å². The highest BCUT2D eigenvalue weighted by atomic mass is 35.5. The zero-order chi connectivity index (χ0) is 13.7. The Morgan fingerprint density at radius 3 is 2.89 bits per heavy atom. The number of thioether (sulfide) groups is 1. The van der Waals surface area contributed by atoms with Crippen molar-refractivity contribution in [2.24, 2.45) is 5.92 Å². The maximum atomic E-state index is 11.6. The van der Waals surface area contributed by atoms with E-state index >= 15 is 0 Å². The first kappa shape index (κ1) is 14.7. The van der Waals surface area contributed by atoms with Crippen molar-refractivity contribution < 1.29 is 9.90 Å². The molecule has 1 aromatic rings.